The molecule has 0 spiro atoms. The molecule has 0 saturated heterocycles. The van der Waals surface area contributed by atoms with Gasteiger partial charge in [-0.05, 0) is 42.0 Å². The first kappa shape index (κ1) is 13.1. The number of allylic oxidation sites excluding steroid dienone is 1. The first-order valence-electron chi connectivity index (χ1n) is 5.89. The Bertz CT molecular complexity index is 586. The maximum Gasteiger partial charge on any atom is 0.268 e. The minimum atomic E-state index is -0.0416. The van der Waals surface area contributed by atoms with Crippen LogP contribution in [0.1, 0.15) is 23.8 Å². The number of para-hydroxylation sites is 1. The first-order valence-corrected chi connectivity index (χ1v) is 6.97. The predicted molar refractivity (Wildman–Crippen MR) is 82.8 cm³/mol. The highest BCUT2D eigenvalue weighted by Gasteiger charge is 2.14. The van der Waals surface area contributed by atoms with Crippen molar-refractivity contribution in [2.24, 2.45) is 0 Å². The summed E-state index contributed by atoms with van der Waals surface area (Å²) in [5, 5.41) is 4.00. The molecule has 1 heterocycles. The maximum absolute atomic E-state index is 12.0. The van der Waals surface area contributed by atoms with Gasteiger partial charge in [-0.2, -0.15) is 0 Å². The number of nitrogens with one attached hydrogen (secondary N) is 2. The summed E-state index contributed by atoms with van der Waals surface area (Å²) < 4.78 is 0.978. The number of carbonyl (C=O) groups is 1. The molecule has 1 amide bonds. The molecule has 0 aliphatic rings. The minimum absolute atomic E-state index is 0.0416. The third kappa shape index (κ3) is 2.75. The number of aromatic nitrogens is 1. The fraction of sp³-hybridized carbons (Fsp3) is 0.214. The number of H-pyrrole nitrogens is 1. The van der Waals surface area contributed by atoms with Crippen molar-refractivity contribution in [2.75, 3.05) is 6.54 Å². The van der Waals surface area contributed by atoms with Crippen LogP contribution in [0.25, 0.3) is 10.9 Å². The zero-order valence-corrected chi connectivity index (χ0v) is 12.3. The van der Waals surface area contributed by atoms with E-state index in [1.54, 1.807) is 0 Å². The van der Waals surface area contributed by atoms with Crippen molar-refractivity contribution in [3.05, 3.63) is 45.7 Å². The fourth-order valence-electron chi connectivity index (χ4n) is 1.79. The van der Waals surface area contributed by atoms with Gasteiger partial charge in [-0.3, -0.25) is 4.79 Å². The number of aromatic amines is 1. The van der Waals surface area contributed by atoms with Crippen LogP contribution in [0.3, 0.4) is 0 Å². The van der Waals surface area contributed by atoms with Gasteiger partial charge in [0.05, 0.1) is 3.57 Å². The standard InChI is InChI=1S/C14H15IN2O/c1-2-3-6-9-16-14(18)13-12(15)10-7-4-5-8-11(10)17-13/h2-5,7-8,17H,6,9H2,1H3,(H,16,18)/b3-2+. The smallest absolute Gasteiger partial charge is 0.268 e. The normalized spacial score (nSPS) is 11.2. The average molecular weight is 354 g/mol. The van der Waals surface area contributed by atoms with Crippen LogP contribution >= 0.6 is 22.6 Å². The highest BCUT2D eigenvalue weighted by atomic mass is 127. The topological polar surface area (TPSA) is 44.9 Å². The SMILES string of the molecule is C/C=C/CCNC(=O)c1[nH]c2ccccc2c1I. The molecule has 18 heavy (non-hydrogen) atoms. The molecule has 2 rings (SSSR count). The van der Waals surface area contributed by atoms with Crippen molar-refractivity contribution in [2.45, 2.75) is 13.3 Å². The van der Waals surface area contributed by atoms with Gasteiger partial charge < -0.3 is 10.3 Å². The Morgan fingerprint density at radius 1 is 1.44 bits per heavy atom. The molecule has 3 nitrogen and oxygen atoms in total. The van der Waals surface area contributed by atoms with Gasteiger partial charge in [0.15, 0.2) is 0 Å². The molecule has 1 aromatic carbocycles. The summed E-state index contributed by atoms with van der Waals surface area (Å²) in [6.45, 7) is 2.64. The lowest BCUT2D eigenvalue weighted by Gasteiger charge is -2.01. The lowest BCUT2D eigenvalue weighted by atomic mass is 10.2. The van der Waals surface area contributed by atoms with Crippen molar-refractivity contribution in [1.82, 2.24) is 10.3 Å². The molecule has 94 valence electrons. The Labute approximate surface area is 120 Å². The second kappa shape index (κ2) is 6.04. The molecule has 0 saturated carbocycles. The number of rotatable bonds is 4. The van der Waals surface area contributed by atoms with E-state index in [1.807, 2.05) is 43.3 Å². The van der Waals surface area contributed by atoms with Gasteiger partial charge in [-0.25, -0.2) is 0 Å². The molecule has 0 radical (unpaired) electrons. The van der Waals surface area contributed by atoms with Crippen molar-refractivity contribution >= 4 is 39.4 Å². The number of fused-ring (bicyclic) bond motifs is 1. The molecule has 0 fully saturated rings. The largest absolute Gasteiger partial charge is 0.350 e. The lowest BCUT2D eigenvalue weighted by molar-refractivity contribution is 0.0949. The Kier molecular flexibility index (Phi) is 4.41. The van der Waals surface area contributed by atoms with Gasteiger partial charge in [0.2, 0.25) is 0 Å². The summed E-state index contributed by atoms with van der Waals surface area (Å²) in [4.78, 5) is 15.2. The zero-order chi connectivity index (χ0) is 13.0. The maximum atomic E-state index is 12.0. The van der Waals surface area contributed by atoms with Crippen molar-refractivity contribution in [1.29, 1.82) is 0 Å². The summed E-state index contributed by atoms with van der Waals surface area (Å²) in [7, 11) is 0. The number of hydrogen-bond acceptors (Lipinski definition) is 1. The second-order valence-corrected chi connectivity index (χ2v) is 5.05. The molecule has 0 unspecified atom stereocenters. The second-order valence-electron chi connectivity index (χ2n) is 3.97. The number of amides is 1. The Balaban J connectivity index is 2.15. The Morgan fingerprint density at radius 2 is 2.22 bits per heavy atom. The Hall–Kier alpha value is -1.30. The summed E-state index contributed by atoms with van der Waals surface area (Å²) >= 11 is 2.21. The lowest BCUT2D eigenvalue weighted by Crippen LogP contribution is -2.25. The third-order valence-electron chi connectivity index (χ3n) is 2.70. The van der Waals surface area contributed by atoms with Crippen molar-refractivity contribution < 1.29 is 4.79 Å². The van der Waals surface area contributed by atoms with Gasteiger partial charge in [0, 0.05) is 17.4 Å². The molecular weight excluding hydrogens is 339 g/mol. The van der Waals surface area contributed by atoms with E-state index in [1.165, 1.54) is 0 Å². The summed E-state index contributed by atoms with van der Waals surface area (Å²) in [6.07, 6.45) is 4.88. The molecule has 0 aliphatic heterocycles. The summed E-state index contributed by atoms with van der Waals surface area (Å²) in [5.41, 5.74) is 1.65. The van der Waals surface area contributed by atoms with E-state index >= 15 is 0 Å². The van der Waals surface area contributed by atoms with E-state index in [-0.39, 0.29) is 5.91 Å². The summed E-state index contributed by atoms with van der Waals surface area (Å²) in [5.74, 6) is -0.0416. The molecule has 0 atom stereocenters. The monoisotopic (exact) mass is 354 g/mol. The van der Waals surface area contributed by atoms with Crippen LogP contribution in [0.15, 0.2) is 36.4 Å². The van der Waals surface area contributed by atoms with E-state index in [9.17, 15) is 4.79 Å². The number of halogens is 1. The van der Waals surface area contributed by atoms with Gasteiger partial charge in [0.1, 0.15) is 5.69 Å². The van der Waals surface area contributed by atoms with Gasteiger partial charge >= 0.3 is 0 Å². The third-order valence-corrected chi connectivity index (χ3v) is 3.82. The zero-order valence-electron chi connectivity index (χ0n) is 10.2. The highest BCUT2D eigenvalue weighted by Crippen LogP contribution is 2.23. The minimum Gasteiger partial charge on any atom is -0.350 e. The van der Waals surface area contributed by atoms with Crippen molar-refractivity contribution in [3.8, 4) is 0 Å². The van der Waals surface area contributed by atoms with Crippen LogP contribution in [0.4, 0.5) is 0 Å². The van der Waals surface area contributed by atoms with Crippen molar-refractivity contribution in [3.63, 3.8) is 0 Å². The summed E-state index contributed by atoms with van der Waals surface area (Å²) in [6, 6.07) is 7.94. The van der Waals surface area contributed by atoms with Crippen LogP contribution in [0.2, 0.25) is 0 Å². The molecular formula is C14H15IN2O. The first-order chi connectivity index (χ1) is 8.74. The van der Waals surface area contributed by atoms with Crippen LogP contribution in [-0.4, -0.2) is 17.4 Å². The number of hydrogen-bond donors (Lipinski definition) is 2. The molecule has 1 aromatic heterocycles. The van der Waals surface area contributed by atoms with E-state index in [0.29, 0.717) is 12.2 Å². The molecule has 2 aromatic rings. The highest BCUT2D eigenvalue weighted by molar-refractivity contribution is 14.1. The van der Waals surface area contributed by atoms with Crippen LogP contribution < -0.4 is 5.32 Å². The fourth-order valence-corrected chi connectivity index (χ4v) is 2.64. The molecule has 2 N–H and O–H groups in total. The molecule has 4 heteroatoms. The molecule has 0 bridgehead atoms. The van der Waals surface area contributed by atoms with Gasteiger partial charge in [0.25, 0.3) is 5.91 Å². The van der Waals surface area contributed by atoms with Crippen LogP contribution in [0, 0.1) is 3.57 Å². The van der Waals surface area contributed by atoms with Gasteiger partial charge in [-0.1, -0.05) is 30.4 Å². The van der Waals surface area contributed by atoms with E-state index < -0.39 is 0 Å². The van der Waals surface area contributed by atoms with Crippen LogP contribution in [-0.2, 0) is 0 Å². The van der Waals surface area contributed by atoms with E-state index in [0.717, 1.165) is 20.9 Å². The number of benzene rings is 1. The quantitative estimate of drug-likeness (QED) is 0.493. The van der Waals surface area contributed by atoms with E-state index in [2.05, 4.69) is 32.9 Å². The average Bonchev–Trinajstić information content (AvgIpc) is 2.73. The number of carbonyl (C=O) groups excluding carboxylic acids is 1. The predicted octanol–water partition coefficient (Wildman–Crippen LogP) is 3.47. The molecule has 0 aliphatic carbocycles. The van der Waals surface area contributed by atoms with E-state index in [4.69, 9.17) is 0 Å². The Morgan fingerprint density at radius 3 is 2.94 bits per heavy atom. The van der Waals surface area contributed by atoms with Gasteiger partial charge in [-0.15, -0.1) is 0 Å². The van der Waals surface area contributed by atoms with Crippen LogP contribution in [0.5, 0.6) is 0 Å².